The van der Waals surface area contributed by atoms with Crippen molar-refractivity contribution in [1.29, 1.82) is 0 Å². The number of piperazine rings is 1. The maximum atomic E-state index is 6.36. The number of rotatable bonds is 5. The molecule has 0 saturated carbocycles. The zero-order valence-corrected chi connectivity index (χ0v) is 19.6. The number of hydrogen-bond acceptors (Lipinski definition) is 3. The number of benzene rings is 1. The molecule has 0 spiro atoms. The lowest BCUT2D eigenvalue weighted by Gasteiger charge is -2.38. The predicted octanol–water partition coefficient (Wildman–Crippen LogP) is 3.39. The number of para-hydroxylation sites is 1. The third-order valence-electron chi connectivity index (χ3n) is 5.42. The molecule has 5 nitrogen and oxygen atoms in total. The Balaban J connectivity index is 0.00000261. The van der Waals surface area contributed by atoms with Crippen molar-refractivity contribution in [2.24, 2.45) is 10.9 Å². The van der Waals surface area contributed by atoms with Crippen LogP contribution in [0.4, 0.5) is 5.69 Å². The molecule has 1 atom stereocenters. The van der Waals surface area contributed by atoms with E-state index in [0.29, 0.717) is 5.92 Å². The molecule has 1 unspecified atom stereocenters. The summed E-state index contributed by atoms with van der Waals surface area (Å²) in [5.74, 6) is 1.77. The number of guanidine groups is 1. The molecule has 3 rings (SSSR count). The van der Waals surface area contributed by atoms with Crippen molar-refractivity contribution < 1.29 is 0 Å². The summed E-state index contributed by atoms with van der Waals surface area (Å²) in [5.41, 5.74) is 1.14. The molecule has 2 aliphatic heterocycles. The second-order valence-electron chi connectivity index (χ2n) is 7.17. The lowest BCUT2D eigenvalue weighted by molar-refractivity contribution is 0.342. The first kappa shape index (κ1) is 22.6. The Morgan fingerprint density at radius 1 is 1.15 bits per heavy atom. The van der Waals surface area contributed by atoms with Crippen LogP contribution in [0.15, 0.2) is 29.3 Å². The fourth-order valence-corrected chi connectivity index (χ4v) is 4.11. The molecule has 27 heavy (non-hydrogen) atoms. The Morgan fingerprint density at radius 3 is 2.52 bits per heavy atom. The van der Waals surface area contributed by atoms with Crippen molar-refractivity contribution >= 4 is 47.2 Å². The van der Waals surface area contributed by atoms with E-state index in [1.165, 1.54) is 19.5 Å². The van der Waals surface area contributed by atoms with Gasteiger partial charge in [-0.25, -0.2) is 0 Å². The van der Waals surface area contributed by atoms with Crippen molar-refractivity contribution in [3.8, 4) is 0 Å². The van der Waals surface area contributed by atoms with Gasteiger partial charge < -0.3 is 20.0 Å². The summed E-state index contributed by atoms with van der Waals surface area (Å²) in [7, 11) is 0. The predicted molar refractivity (Wildman–Crippen MR) is 127 cm³/mol. The molecule has 2 saturated heterocycles. The number of hydrogen-bond donors (Lipinski definition) is 1. The summed E-state index contributed by atoms with van der Waals surface area (Å²) in [6.45, 7) is 13.7. The SMILES string of the molecule is CCNC(=NCC1CCN(CC)C1)N1CCN(c2ccccc2Cl)CC1.I. The fourth-order valence-electron chi connectivity index (χ4n) is 3.86. The first-order valence-corrected chi connectivity index (χ1v) is 10.3. The fraction of sp³-hybridized carbons (Fsp3) is 0.650. The Kier molecular flexibility index (Phi) is 9.45. The Morgan fingerprint density at radius 2 is 1.89 bits per heavy atom. The van der Waals surface area contributed by atoms with E-state index in [1.807, 2.05) is 12.1 Å². The van der Waals surface area contributed by atoms with Crippen LogP contribution in [0.2, 0.25) is 5.02 Å². The van der Waals surface area contributed by atoms with Gasteiger partial charge in [-0.3, -0.25) is 4.99 Å². The van der Waals surface area contributed by atoms with Crippen molar-refractivity contribution in [2.45, 2.75) is 20.3 Å². The zero-order chi connectivity index (χ0) is 18.4. The first-order chi connectivity index (χ1) is 12.7. The Labute approximate surface area is 186 Å². The van der Waals surface area contributed by atoms with Gasteiger partial charge >= 0.3 is 0 Å². The van der Waals surface area contributed by atoms with E-state index in [9.17, 15) is 0 Å². The minimum Gasteiger partial charge on any atom is -0.367 e. The molecule has 2 heterocycles. The lowest BCUT2D eigenvalue weighted by Crippen LogP contribution is -2.52. The van der Waals surface area contributed by atoms with Crippen LogP contribution in [0.3, 0.4) is 0 Å². The highest BCUT2D eigenvalue weighted by Gasteiger charge is 2.23. The zero-order valence-electron chi connectivity index (χ0n) is 16.5. The molecular formula is C20H33ClIN5. The van der Waals surface area contributed by atoms with Crippen LogP contribution in [0.5, 0.6) is 0 Å². The quantitative estimate of drug-likeness (QED) is 0.378. The maximum Gasteiger partial charge on any atom is 0.194 e. The van der Waals surface area contributed by atoms with Crippen LogP contribution in [0.25, 0.3) is 0 Å². The third kappa shape index (κ3) is 6.12. The number of anilines is 1. The molecule has 1 aromatic carbocycles. The van der Waals surface area contributed by atoms with Gasteiger partial charge in [-0.05, 0) is 44.5 Å². The Hall–Kier alpha value is -0.730. The van der Waals surface area contributed by atoms with Gasteiger partial charge in [0, 0.05) is 45.8 Å². The molecule has 1 aromatic rings. The first-order valence-electron chi connectivity index (χ1n) is 9.96. The average Bonchev–Trinajstić information content (AvgIpc) is 3.14. The molecular weight excluding hydrogens is 473 g/mol. The highest BCUT2D eigenvalue weighted by atomic mass is 127. The van der Waals surface area contributed by atoms with E-state index in [-0.39, 0.29) is 24.0 Å². The van der Waals surface area contributed by atoms with Crippen molar-refractivity contribution in [3.05, 3.63) is 29.3 Å². The molecule has 0 bridgehead atoms. The van der Waals surface area contributed by atoms with Crippen LogP contribution < -0.4 is 10.2 Å². The van der Waals surface area contributed by atoms with E-state index in [2.05, 4.69) is 46.0 Å². The second-order valence-corrected chi connectivity index (χ2v) is 7.58. The van der Waals surface area contributed by atoms with Crippen molar-refractivity contribution in [1.82, 2.24) is 15.1 Å². The minimum atomic E-state index is 0. The standard InChI is InChI=1S/C20H32ClN5.HI/c1-3-22-20(23-15-17-9-10-24(4-2)16-17)26-13-11-25(12-14-26)19-8-6-5-7-18(19)21;/h5-8,17H,3-4,9-16H2,1-2H3,(H,22,23);1H. The lowest BCUT2D eigenvalue weighted by atomic mass is 10.1. The van der Waals surface area contributed by atoms with E-state index in [4.69, 9.17) is 16.6 Å². The van der Waals surface area contributed by atoms with Gasteiger partial charge in [0.15, 0.2) is 5.96 Å². The van der Waals surface area contributed by atoms with Gasteiger partial charge in [0.2, 0.25) is 0 Å². The Bertz CT molecular complexity index is 604. The second kappa shape index (κ2) is 11.3. The third-order valence-corrected chi connectivity index (χ3v) is 5.74. The summed E-state index contributed by atoms with van der Waals surface area (Å²) in [5, 5.41) is 4.32. The largest absolute Gasteiger partial charge is 0.367 e. The number of nitrogens with zero attached hydrogens (tertiary/aromatic N) is 4. The summed E-state index contributed by atoms with van der Waals surface area (Å²) < 4.78 is 0. The summed E-state index contributed by atoms with van der Waals surface area (Å²) in [6, 6.07) is 8.12. The van der Waals surface area contributed by atoms with E-state index < -0.39 is 0 Å². The average molecular weight is 506 g/mol. The van der Waals surface area contributed by atoms with Crippen LogP contribution in [0.1, 0.15) is 20.3 Å². The molecule has 0 aromatic heterocycles. The smallest absolute Gasteiger partial charge is 0.194 e. The van der Waals surface area contributed by atoms with Gasteiger partial charge in [-0.2, -0.15) is 0 Å². The number of nitrogens with one attached hydrogen (secondary N) is 1. The molecule has 2 fully saturated rings. The highest BCUT2D eigenvalue weighted by molar-refractivity contribution is 14.0. The summed E-state index contributed by atoms with van der Waals surface area (Å²) in [4.78, 5) is 12.3. The van der Waals surface area contributed by atoms with Crippen LogP contribution in [0, 0.1) is 5.92 Å². The summed E-state index contributed by atoms with van der Waals surface area (Å²) >= 11 is 6.36. The molecule has 7 heteroatoms. The van der Waals surface area contributed by atoms with E-state index in [1.54, 1.807) is 0 Å². The van der Waals surface area contributed by atoms with Gasteiger partial charge in [-0.15, -0.1) is 24.0 Å². The van der Waals surface area contributed by atoms with Gasteiger partial charge in [0.1, 0.15) is 0 Å². The van der Waals surface area contributed by atoms with Crippen LogP contribution in [-0.2, 0) is 0 Å². The van der Waals surface area contributed by atoms with Crippen molar-refractivity contribution in [3.63, 3.8) is 0 Å². The van der Waals surface area contributed by atoms with Gasteiger partial charge in [0.05, 0.1) is 10.7 Å². The maximum absolute atomic E-state index is 6.36. The normalized spacial score (nSPS) is 21.3. The minimum absolute atomic E-state index is 0. The highest BCUT2D eigenvalue weighted by Crippen LogP contribution is 2.26. The van der Waals surface area contributed by atoms with Crippen LogP contribution >= 0.6 is 35.6 Å². The number of halogens is 2. The molecule has 1 N–H and O–H groups in total. The molecule has 0 aliphatic carbocycles. The monoisotopic (exact) mass is 505 g/mol. The van der Waals surface area contributed by atoms with Gasteiger partial charge in [0.25, 0.3) is 0 Å². The summed E-state index contributed by atoms with van der Waals surface area (Å²) in [6.07, 6.45) is 1.27. The molecule has 2 aliphatic rings. The molecule has 0 radical (unpaired) electrons. The number of aliphatic imine (C=N–C) groups is 1. The van der Waals surface area contributed by atoms with E-state index in [0.717, 1.165) is 62.5 Å². The van der Waals surface area contributed by atoms with E-state index >= 15 is 0 Å². The van der Waals surface area contributed by atoms with Crippen molar-refractivity contribution in [2.75, 3.05) is 63.8 Å². The van der Waals surface area contributed by atoms with Crippen LogP contribution in [-0.4, -0.2) is 74.7 Å². The topological polar surface area (TPSA) is 34.1 Å². The molecule has 0 amide bonds. The number of likely N-dealkylation sites (tertiary alicyclic amines) is 1. The van der Waals surface area contributed by atoms with Gasteiger partial charge in [-0.1, -0.05) is 30.7 Å². The molecule has 152 valence electrons.